The maximum absolute atomic E-state index is 12.9. The van der Waals surface area contributed by atoms with Gasteiger partial charge in [0, 0.05) is 18.3 Å². The summed E-state index contributed by atoms with van der Waals surface area (Å²) in [5.41, 5.74) is 5.59. The van der Waals surface area contributed by atoms with Gasteiger partial charge < -0.3 is 14.6 Å². The van der Waals surface area contributed by atoms with Crippen molar-refractivity contribution in [3.8, 4) is 16.9 Å². The van der Waals surface area contributed by atoms with Crippen molar-refractivity contribution in [2.45, 2.75) is 39.2 Å². The Kier molecular flexibility index (Phi) is 5.02. The molecule has 1 aromatic carbocycles. The molecular formula is C23H28N6O2. The lowest BCUT2D eigenvalue weighted by Crippen LogP contribution is -2.39. The van der Waals surface area contributed by atoms with E-state index in [2.05, 4.69) is 45.9 Å². The third-order valence-corrected chi connectivity index (χ3v) is 6.32. The molecule has 0 amide bonds. The molecule has 4 heterocycles. The lowest BCUT2D eigenvalue weighted by Gasteiger charge is -2.33. The van der Waals surface area contributed by atoms with E-state index in [1.54, 1.807) is 11.6 Å². The van der Waals surface area contributed by atoms with Crippen LogP contribution in [-0.2, 0) is 0 Å². The smallest absolute Gasteiger partial charge is 0.326 e. The number of ether oxygens (including phenoxy) is 1. The Hall–Kier alpha value is -3.13. The third-order valence-electron chi connectivity index (χ3n) is 6.32. The quantitative estimate of drug-likeness (QED) is 0.535. The standard InChI is InChI=1S/C23H28N6O2/c1-4-7-27-8-5-6-17(13-27)29-20-9-15(2)18(11-19(20)26-23(29)30)16-10-21(31-3)22-24-14-25-28(22)12-16/h9-12,14,17H,4-8,13H2,1-3H3,(H,26,30)/t17-/m1/s1. The third kappa shape index (κ3) is 3.40. The molecule has 1 saturated heterocycles. The van der Waals surface area contributed by atoms with Crippen LogP contribution in [0.5, 0.6) is 5.75 Å². The number of aryl methyl sites for hydroxylation is 1. The van der Waals surface area contributed by atoms with Gasteiger partial charge in [-0.1, -0.05) is 6.92 Å². The normalized spacial score (nSPS) is 17.6. The molecule has 0 aliphatic carbocycles. The van der Waals surface area contributed by atoms with Crippen molar-refractivity contribution in [1.29, 1.82) is 0 Å². The molecular weight excluding hydrogens is 392 g/mol. The zero-order valence-electron chi connectivity index (χ0n) is 18.3. The minimum Gasteiger partial charge on any atom is -0.493 e. The maximum atomic E-state index is 12.9. The minimum absolute atomic E-state index is 0.0285. The number of rotatable bonds is 5. The fourth-order valence-corrected chi connectivity index (χ4v) is 4.90. The Morgan fingerprint density at radius 1 is 1.29 bits per heavy atom. The second-order valence-electron chi connectivity index (χ2n) is 8.41. The van der Waals surface area contributed by atoms with Crippen LogP contribution in [0, 0.1) is 6.92 Å². The van der Waals surface area contributed by atoms with Crippen molar-refractivity contribution >= 4 is 16.7 Å². The van der Waals surface area contributed by atoms with E-state index in [1.807, 2.05) is 16.8 Å². The van der Waals surface area contributed by atoms with Gasteiger partial charge in [0.1, 0.15) is 6.33 Å². The SMILES string of the molecule is CCCN1CCC[C@@H](n2c(=O)[nH]c3cc(-c4cc(OC)c5ncnn5c4)c(C)cc32)C1. The molecule has 8 heteroatoms. The summed E-state index contributed by atoms with van der Waals surface area (Å²) in [6.45, 7) is 7.43. The topological polar surface area (TPSA) is 80.5 Å². The Labute approximate surface area is 180 Å². The Bertz CT molecular complexity index is 1300. The van der Waals surface area contributed by atoms with E-state index in [0.29, 0.717) is 11.4 Å². The van der Waals surface area contributed by atoms with Gasteiger partial charge in [-0.05, 0) is 68.6 Å². The van der Waals surface area contributed by atoms with Crippen molar-refractivity contribution in [3.05, 3.63) is 46.8 Å². The summed E-state index contributed by atoms with van der Waals surface area (Å²) in [4.78, 5) is 22.8. The highest BCUT2D eigenvalue weighted by Gasteiger charge is 2.24. The summed E-state index contributed by atoms with van der Waals surface area (Å²) in [6.07, 6.45) is 6.75. The van der Waals surface area contributed by atoms with Gasteiger partial charge in [-0.3, -0.25) is 4.57 Å². The summed E-state index contributed by atoms with van der Waals surface area (Å²) in [6, 6.07) is 6.36. The highest BCUT2D eigenvalue weighted by molar-refractivity contribution is 5.85. The largest absolute Gasteiger partial charge is 0.493 e. The van der Waals surface area contributed by atoms with Crippen LogP contribution >= 0.6 is 0 Å². The first-order chi connectivity index (χ1) is 15.1. The molecule has 3 aromatic heterocycles. The predicted octanol–water partition coefficient (Wildman–Crippen LogP) is 3.40. The molecule has 8 nitrogen and oxygen atoms in total. The van der Waals surface area contributed by atoms with Gasteiger partial charge in [-0.2, -0.15) is 5.10 Å². The van der Waals surface area contributed by atoms with Crippen LogP contribution in [-0.4, -0.2) is 55.8 Å². The molecule has 1 aliphatic rings. The maximum Gasteiger partial charge on any atom is 0.326 e. The van der Waals surface area contributed by atoms with Crippen molar-refractivity contribution < 1.29 is 4.74 Å². The summed E-state index contributed by atoms with van der Waals surface area (Å²) in [5, 5.41) is 4.27. The van der Waals surface area contributed by atoms with Crippen LogP contribution < -0.4 is 10.4 Å². The number of aromatic nitrogens is 5. The number of hydrogen-bond acceptors (Lipinski definition) is 5. The van der Waals surface area contributed by atoms with Gasteiger partial charge in [-0.15, -0.1) is 0 Å². The van der Waals surface area contributed by atoms with E-state index >= 15 is 0 Å². The first-order valence-corrected chi connectivity index (χ1v) is 10.9. The van der Waals surface area contributed by atoms with Crippen molar-refractivity contribution in [3.63, 3.8) is 0 Å². The molecule has 0 saturated carbocycles. The van der Waals surface area contributed by atoms with E-state index in [4.69, 9.17) is 4.74 Å². The number of nitrogens with one attached hydrogen (secondary N) is 1. The molecule has 1 aliphatic heterocycles. The van der Waals surface area contributed by atoms with Crippen LogP contribution in [0.3, 0.4) is 0 Å². The molecule has 0 unspecified atom stereocenters. The second kappa shape index (κ2) is 7.85. The van der Waals surface area contributed by atoms with Crippen molar-refractivity contribution in [2.75, 3.05) is 26.7 Å². The molecule has 162 valence electrons. The van der Waals surface area contributed by atoms with E-state index in [0.717, 1.165) is 66.6 Å². The van der Waals surface area contributed by atoms with Crippen LogP contribution in [0.4, 0.5) is 0 Å². The lowest BCUT2D eigenvalue weighted by molar-refractivity contribution is 0.178. The average Bonchev–Trinajstić information content (AvgIpc) is 3.36. The molecule has 31 heavy (non-hydrogen) atoms. The highest BCUT2D eigenvalue weighted by Crippen LogP contribution is 2.32. The molecule has 4 aromatic rings. The van der Waals surface area contributed by atoms with Crippen LogP contribution in [0.15, 0.2) is 35.5 Å². The monoisotopic (exact) mass is 420 g/mol. The van der Waals surface area contributed by atoms with Crippen LogP contribution in [0.2, 0.25) is 0 Å². The molecule has 0 radical (unpaired) electrons. The van der Waals surface area contributed by atoms with Gasteiger partial charge in [0.05, 0.1) is 24.2 Å². The first kappa shape index (κ1) is 19.8. The molecule has 5 rings (SSSR count). The van der Waals surface area contributed by atoms with Crippen molar-refractivity contribution in [1.82, 2.24) is 29.0 Å². The van der Waals surface area contributed by atoms with Gasteiger partial charge in [0.2, 0.25) is 0 Å². The summed E-state index contributed by atoms with van der Waals surface area (Å²) in [5.74, 6) is 0.666. The number of likely N-dealkylation sites (tertiary alicyclic amines) is 1. The molecule has 1 atom stereocenters. The van der Waals surface area contributed by atoms with Gasteiger partial charge in [-0.25, -0.2) is 14.3 Å². The number of pyridine rings is 1. The number of piperidine rings is 1. The van der Waals surface area contributed by atoms with Gasteiger partial charge in [0.15, 0.2) is 11.4 Å². The van der Waals surface area contributed by atoms with Crippen LogP contribution in [0.25, 0.3) is 27.8 Å². The first-order valence-electron chi connectivity index (χ1n) is 10.9. The molecule has 0 spiro atoms. The lowest BCUT2D eigenvalue weighted by atomic mass is 10.00. The number of nitrogens with zero attached hydrogens (tertiary/aromatic N) is 5. The second-order valence-corrected chi connectivity index (χ2v) is 8.41. The molecule has 1 N–H and O–H groups in total. The van der Waals surface area contributed by atoms with E-state index in [1.165, 1.54) is 6.33 Å². The van der Waals surface area contributed by atoms with E-state index in [9.17, 15) is 4.79 Å². The fourth-order valence-electron chi connectivity index (χ4n) is 4.90. The zero-order chi connectivity index (χ0) is 21.5. The number of aromatic amines is 1. The van der Waals surface area contributed by atoms with E-state index in [-0.39, 0.29) is 11.7 Å². The number of imidazole rings is 1. The number of H-pyrrole nitrogens is 1. The zero-order valence-corrected chi connectivity index (χ0v) is 18.3. The minimum atomic E-state index is -0.0285. The predicted molar refractivity (Wildman–Crippen MR) is 121 cm³/mol. The summed E-state index contributed by atoms with van der Waals surface area (Å²) < 4.78 is 9.20. The van der Waals surface area contributed by atoms with Gasteiger partial charge in [0.25, 0.3) is 0 Å². The molecule has 0 bridgehead atoms. The summed E-state index contributed by atoms with van der Waals surface area (Å²) >= 11 is 0. The Balaban J connectivity index is 1.59. The Morgan fingerprint density at radius 3 is 2.97 bits per heavy atom. The number of methoxy groups -OCH3 is 1. The van der Waals surface area contributed by atoms with Crippen molar-refractivity contribution in [2.24, 2.45) is 0 Å². The average molecular weight is 421 g/mol. The number of benzene rings is 1. The number of hydrogen-bond donors (Lipinski definition) is 1. The Morgan fingerprint density at radius 2 is 2.16 bits per heavy atom. The highest BCUT2D eigenvalue weighted by atomic mass is 16.5. The number of fused-ring (bicyclic) bond motifs is 2. The fraction of sp³-hybridized carbons (Fsp3) is 0.435. The summed E-state index contributed by atoms with van der Waals surface area (Å²) in [7, 11) is 1.63. The van der Waals surface area contributed by atoms with Crippen LogP contribution in [0.1, 0.15) is 37.8 Å². The molecule has 1 fully saturated rings. The van der Waals surface area contributed by atoms with Gasteiger partial charge >= 0.3 is 5.69 Å². The van der Waals surface area contributed by atoms with E-state index < -0.39 is 0 Å².